The zero-order chi connectivity index (χ0) is 20.5. The molecule has 2 atom stereocenters. The lowest BCUT2D eigenvalue weighted by molar-refractivity contribution is 0.0816. The minimum atomic E-state index is -0.312. The summed E-state index contributed by atoms with van der Waals surface area (Å²) in [6.45, 7) is 1.96. The first-order chi connectivity index (χ1) is 14.6. The number of fused-ring (bicyclic) bond motifs is 3. The highest BCUT2D eigenvalue weighted by Gasteiger charge is 2.51. The number of hydrogen-bond acceptors (Lipinski definition) is 4. The molecule has 0 unspecified atom stereocenters. The zero-order valence-electron chi connectivity index (χ0n) is 16.7. The number of aryl methyl sites for hydroxylation is 1. The molecular weight excluding hydrogens is 398 g/mol. The van der Waals surface area contributed by atoms with Crippen LogP contribution in [-0.2, 0) is 12.0 Å². The molecule has 6 nitrogen and oxygen atoms in total. The van der Waals surface area contributed by atoms with E-state index in [-0.39, 0.29) is 11.4 Å². The summed E-state index contributed by atoms with van der Waals surface area (Å²) >= 11 is 6.17. The Labute approximate surface area is 179 Å². The lowest BCUT2D eigenvalue weighted by Gasteiger charge is -2.42. The van der Waals surface area contributed by atoms with E-state index in [0.717, 1.165) is 53.9 Å². The minimum absolute atomic E-state index is 0.0894. The van der Waals surface area contributed by atoms with Crippen LogP contribution in [0.1, 0.15) is 64.5 Å². The number of halogens is 1. The molecule has 0 aliphatic heterocycles. The molecule has 0 radical (unpaired) electrons. The van der Waals surface area contributed by atoms with Gasteiger partial charge in [-0.25, -0.2) is 9.67 Å². The van der Waals surface area contributed by atoms with Crippen molar-refractivity contribution in [1.29, 1.82) is 0 Å². The van der Waals surface area contributed by atoms with Crippen LogP contribution in [-0.4, -0.2) is 25.7 Å². The number of rotatable bonds is 4. The number of amides is 1. The number of pyridine rings is 2. The Hall–Kier alpha value is -2.73. The Kier molecular flexibility index (Phi) is 3.84. The molecule has 3 aliphatic rings. The third kappa shape index (κ3) is 2.63. The minimum Gasteiger partial charge on any atom is -0.341 e. The average Bonchev–Trinajstić information content (AvgIpc) is 3.22. The van der Waals surface area contributed by atoms with Crippen LogP contribution in [0.15, 0.2) is 36.8 Å². The molecular formula is C23H22ClN5O. The van der Waals surface area contributed by atoms with Gasteiger partial charge in [0.15, 0.2) is 11.5 Å². The molecule has 3 aliphatic carbocycles. The fourth-order valence-electron chi connectivity index (χ4n) is 5.08. The Morgan fingerprint density at radius 1 is 1.30 bits per heavy atom. The Bertz CT molecular complexity index is 1170. The molecule has 2 fully saturated rings. The molecule has 30 heavy (non-hydrogen) atoms. The van der Waals surface area contributed by atoms with Crippen molar-refractivity contribution in [1.82, 2.24) is 25.1 Å². The van der Waals surface area contributed by atoms with E-state index in [4.69, 9.17) is 16.7 Å². The molecule has 1 N–H and O–H groups in total. The van der Waals surface area contributed by atoms with Crippen LogP contribution in [0.5, 0.6) is 0 Å². The second-order valence-electron chi connectivity index (χ2n) is 8.85. The third-order valence-corrected chi connectivity index (χ3v) is 7.42. The van der Waals surface area contributed by atoms with E-state index < -0.39 is 0 Å². The normalized spacial score (nSPS) is 22.7. The fraction of sp³-hybridized carbons (Fsp3) is 0.391. The third-order valence-electron chi connectivity index (χ3n) is 7.02. The van der Waals surface area contributed by atoms with Gasteiger partial charge in [-0.2, -0.15) is 5.10 Å². The van der Waals surface area contributed by atoms with Crippen molar-refractivity contribution in [3.05, 3.63) is 69.9 Å². The maximum absolute atomic E-state index is 13.4. The van der Waals surface area contributed by atoms with Crippen molar-refractivity contribution in [2.24, 2.45) is 5.92 Å². The van der Waals surface area contributed by atoms with E-state index in [9.17, 15) is 4.79 Å². The average molecular weight is 420 g/mol. The van der Waals surface area contributed by atoms with E-state index in [2.05, 4.69) is 15.3 Å². The van der Waals surface area contributed by atoms with Gasteiger partial charge in [0, 0.05) is 30.1 Å². The quantitative estimate of drug-likeness (QED) is 0.691. The van der Waals surface area contributed by atoms with Crippen LogP contribution in [0.2, 0.25) is 5.02 Å². The van der Waals surface area contributed by atoms with Gasteiger partial charge in [0.25, 0.3) is 5.91 Å². The van der Waals surface area contributed by atoms with Crippen molar-refractivity contribution in [2.75, 3.05) is 0 Å². The van der Waals surface area contributed by atoms with Crippen LogP contribution < -0.4 is 5.32 Å². The number of carbonyl (C=O) groups is 1. The molecule has 7 heteroatoms. The number of aromatic nitrogens is 4. The lowest BCUT2D eigenvalue weighted by atomic mass is 9.72. The van der Waals surface area contributed by atoms with Gasteiger partial charge >= 0.3 is 0 Å². The van der Waals surface area contributed by atoms with Crippen LogP contribution in [0, 0.1) is 12.8 Å². The summed E-state index contributed by atoms with van der Waals surface area (Å²) in [5, 5.41) is 8.73. The van der Waals surface area contributed by atoms with Crippen LogP contribution >= 0.6 is 11.6 Å². The topological polar surface area (TPSA) is 72.7 Å². The van der Waals surface area contributed by atoms with Crippen molar-refractivity contribution in [3.8, 4) is 5.82 Å². The Morgan fingerprint density at radius 2 is 2.10 bits per heavy atom. The Morgan fingerprint density at radius 3 is 2.80 bits per heavy atom. The highest BCUT2D eigenvalue weighted by Crippen LogP contribution is 2.57. The van der Waals surface area contributed by atoms with Crippen molar-refractivity contribution in [3.63, 3.8) is 0 Å². The molecule has 3 aromatic rings. The summed E-state index contributed by atoms with van der Waals surface area (Å²) in [7, 11) is 0. The highest BCUT2D eigenvalue weighted by atomic mass is 35.5. The van der Waals surface area contributed by atoms with E-state index in [1.165, 1.54) is 6.42 Å². The molecule has 1 amide bonds. The highest BCUT2D eigenvalue weighted by molar-refractivity contribution is 6.31. The molecule has 6 rings (SSSR count). The molecule has 3 heterocycles. The smallest absolute Gasteiger partial charge is 0.272 e. The first-order valence-electron chi connectivity index (χ1n) is 10.5. The summed E-state index contributed by atoms with van der Waals surface area (Å²) < 4.78 is 1.88. The van der Waals surface area contributed by atoms with Gasteiger partial charge in [0.2, 0.25) is 0 Å². The number of hydrogen-bond donors (Lipinski definition) is 1. The summed E-state index contributed by atoms with van der Waals surface area (Å²) in [4.78, 5) is 22.0. The molecule has 152 valence electrons. The second-order valence-corrected chi connectivity index (χ2v) is 9.26. The monoisotopic (exact) mass is 419 g/mol. The van der Waals surface area contributed by atoms with Gasteiger partial charge in [0.1, 0.15) is 0 Å². The molecule has 0 saturated heterocycles. The first kappa shape index (κ1) is 18.1. The number of carbonyl (C=O) groups excluding carboxylic acids is 1. The van der Waals surface area contributed by atoms with Crippen molar-refractivity contribution >= 4 is 17.5 Å². The maximum atomic E-state index is 13.4. The van der Waals surface area contributed by atoms with Gasteiger partial charge in [-0.05, 0) is 74.3 Å². The van der Waals surface area contributed by atoms with Gasteiger partial charge in [0.05, 0.1) is 16.3 Å². The van der Waals surface area contributed by atoms with Crippen LogP contribution in [0.3, 0.4) is 0 Å². The second kappa shape index (κ2) is 6.38. The summed E-state index contributed by atoms with van der Waals surface area (Å²) in [5.41, 5.74) is 4.55. The van der Waals surface area contributed by atoms with Gasteiger partial charge in [-0.1, -0.05) is 11.6 Å². The predicted molar refractivity (Wildman–Crippen MR) is 113 cm³/mol. The summed E-state index contributed by atoms with van der Waals surface area (Å²) in [6, 6.07) is 5.94. The zero-order valence-corrected chi connectivity index (χ0v) is 17.5. The van der Waals surface area contributed by atoms with E-state index in [1.54, 1.807) is 18.6 Å². The van der Waals surface area contributed by atoms with E-state index in [1.807, 2.05) is 29.8 Å². The number of nitrogens with zero attached hydrogens (tertiary/aromatic N) is 4. The Balaban J connectivity index is 1.38. The van der Waals surface area contributed by atoms with Crippen molar-refractivity contribution < 1.29 is 4.79 Å². The van der Waals surface area contributed by atoms with E-state index >= 15 is 0 Å². The molecule has 2 saturated carbocycles. The van der Waals surface area contributed by atoms with Crippen LogP contribution in [0.4, 0.5) is 0 Å². The van der Waals surface area contributed by atoms with Crippen molar-refractivity contribution in [2.45, 2.75) is 50.5 Å². The summed E-state index contributed by atoms with van der Waals surface area (Å²) in [6.07, 6.45) is 10.3. The first-order valence-corrected chi connectivity index (χ1v) is 10.9. The fourth-order valence-corrected chi connectivity index (χ4v) is 5.18. The van der Waals surface area contributed by atoms with E-state index in [0.29, 0.717) is 22.6 Å². The summed E-state index contributed by atoms with van der Waals surface area (Å²) in [5.74, 6) is 1.77. The van der Waals surface area contributed by atoms with Gasteiger partial charge in [-0.3, -0.25) is 9.78 Å². The predicted octanol–water partition coefficient (Wildman–Crippen LogP) is 4.09. The molecule has 0 bridgehead atoms. The van der Waals surface area contributed by atoms with Crippen LogP contribution in [0.25, 0.3) is 5.82 Å². The standard InChI is InChI=1S/C23H22ClN5O/c1-13-9-19(26-12-18(13)24)29-21-16-10-14(16)11-17(21)20(28-29)22(30)27-23(5-2-6-23)15-3-7-25-8-4-15/h3-4,7-9,12,14,16H,2,5-6,10-11H2,1H3,(H,27,30)/t14-,16-/m1/s1. The van der Waals surface area contributed by atoms with Gasteiger partial charge < -0.3 is 5.32 Å². The SMILES string of the molecule is Cc1cc(-n2nc(C(=O)NC3(c4ccncc4)CCC3)c3c2[C@@H]2C[C@@H]2C3)ncc1Cl. The molecule has 3 aromatic heterocycles. The van der Waals surface area contributed by atoms with Gasteiger partial charge in [-0.15, -0.1) is 0 Å². The largest absolute Gasteiger partial charge is 0.341 e. The maximum Gasteiger partial charge on any atom is 0.272 e. The molecule has 0 aromatic carbocycles. The lowest BCUT2D eigenvalue weighted by Crippen LogP contribution is -2.51. The number of nitrogens with one attached hydrogen (secondary N) is 1. The molecule has 0 spiro atoms.